The topological polar surface area (TPSA) is 87.7 Å². The molecule has 8 nitrogen and oxygen atoms in total. The van der Waals surface area contributed by atoms with Crippen molar-refractivity contribution in [3.8, 4) is 5.75 Å². The van der Waals surface area contributed by atoms with E-state index >= 15 is 0 Å². The number of hydrogen-bond donors (Lipinski definition) is 1. The molecule has 1 aliphatic heterocycles. The van der Waals surface area contributed by atoms with Crippen molar-refractivity contribution in [2.75, 3.05) is 43.5 Å². The van der Waals surface area contributed by atoms with Gasteiger partial charge in [-0.25, -0.2) is 13.4 Å². The standard InChI is InChI=1S/C24H29N5O3S/c1-17-5-6-18(2)22(15-17)33(30,31)29-13-11-28(12-14-29)24-25-19(3)16-23(27-24)26-20-7-9-21(32-4)10-8-20/h5-10,15-16H,11-14H2,1-4H3,(H,25,26,27). The van der Waals surface area contributed by atoms with Crippen LogP contribution in [0.15, 0.2) is 53.4 Å². The molecule has 0 spiro atoms. The number of nitrogens with zero attached hydrogens (tertiary/aromatic N) is 4. The molecule has 1 aromatic heterocycles. The van der Waals surface area contributed by atoms with Crippen LogP contribution in [0.1, 0.15) is 16.8 Å². The molecule has 1 saturated heterocycles. The average Bonchev–Trinajstić information content (AvgIpc) is 2.81. The predicted molar refractivity (Wildman–Crippen MR) is 130 cm³/mol. The summed E-state index contributed by atoms with van der Waals surface area (Å²) in [7, 11) is -1.91. The molecule has 0 atom stereocenters. The molecule has 0 aliphatic carbocycles. The molecule has 0 radical (unpaired) electrons. The third kappa shape index (κ3) is 5.09. The van der Waals surface area contributed by atoms with E-state index in [0.29, 0.717) is 42.8 Å². The lowest BCUT2D eigenvalue weighted by molar-refractivity contribution is 0.382. The Kier molecular flexibility index (Phi) is 6.53. The molecule has 2 heterocycles. The van der Waals surface area contributed by atoms with Gasteiger partial charge in [-0.05, 0) is 62.2 Å². The van der Waals surface area contributed by atoms with Crippen LogP contribution in [0.3, 0.4) is 0 Å². The molecule has 174 valence electrons. The Morgan fingerprint density at radius 2 is 1.61 bits per heavy atom. The zero-order valence-corrected chi connectivity index (χ0v) is 20.2. The summed E-state index contributed by atoms with van der Waals surface area (Å²) in [4.78, 5) is 11.7. The molecule has 0 saturated carbocycles. The minimum absolute atomic E-state index is 0.383. The van der Waals surface area contributed by atoms with Crippen LogP contribution in [0.4, 0.5) is 17.5 Å². The second kappa shape index (κ2) is 9.36. The van der Waals surface area contributed by atoms with E-state index < -0.39 is 10.0 Å². The molecule has 4 rings (SSSR count). The first-order chi connectivity index (χ1) is 15.8. The van der Waals surface area contributed by atoms with Crippen molar-refractivity contribution in [3.05, 3.63) is 65.4 Å². The summed E-state index contributed by atoms with van der Waals surface area (Å²) < 4.78 is 33.2. The molecule has 2 aromatic carbocycles. The maximum absolute atomic E-state index is 13.2. The number of ether oxygens (including phenoxy) is 1. The number of piperazine rings is 1. The van der Waals surface area contributed by atoms with E-state index in [1.54, 1.807) is 17.5 Å². The van der Waals surface area contributed by atoms with Crippen LogP contribution in [0.25, 0.3) is 0 Å². The lowest BCUT2D eigenvalue weighted by Gasteiger charge is -2.34. The lowest BCUT2D eigenvalue weighted by Crippen LogP contribution is -2.49. The average molecular weight is 468 g/mol. The smallest absolute Gasteiger partial charge is 0.243 e. The Balaban J connectivity index is 1.47. The number of nitrogens with one attached hydrogen (secondary N) is 1. The minimum atomic E-state index is -3.54. The Morgan fingerprint density at radius 3 is 2.27 bits per heavy atom. The van der Waals surface area contributed by atoms with Gasteiger partial charge in [0.25, 0.3) is 0 Å². The summed E-state index contributed by atoms with van der Waals surface area (Å²) in [6.45, 7) is 7.47. The minimum Gasteiger partial charge on any atom is -0.497 e. The highest BCUT2D eigenvalue weighted by molar-refractivity contribution is 7.89. The quantitative estimate of drug-likeness (QED) is 0.592. The normalized spacial score (nSPS) is 14.8. The summed E-state index contributed by atoms with van der Waals surface area (Å²) in [6, 6.07) is 15.0. The van der Waals surface area contributed by atoms with Crippen LogP contribution in [0.2, 0.25) is 0 Å². The zero-order valence-electron chi connectivity index (χ0n) is 19.4. The molecule has 1 fully saturated rings. The number of sulfonamides is 1. The first kappa shape index (κ1) is 23.0. The third-order valence-electron chi connectivity index (χ3n) is 5.69. The van der Waals surface area contributed by atoms with Crippen molar-refractivity contribution in [1.29, 1.82) is 0 Å². The van der Waals surface area contributed by atoms with Gasteiger partial charge in [0.15, 0.2) is 0 Å². The van der Waals surface area contributed by atoms with E-state index in [1.807, 2.05) is 68.1 Å². The van der Waals surface area contributed by atoms with Crippen molar-refractivity contribution in [3.63, 3.8) is 0 Å². The number of hydrogen-bond acceptors (Lipinski definition) is 7. The summed E-state index contributed by atoms with van der Waals surface area (Å²) in [6.07, 6.45) is 0. The van der Waals surface area contributed by atoms with Crippen molar-refractivity contribution in [1.82, 2.24) is 14.3 Å². The van der Waals surface area contributed by atoms with Crippen molar-refractivity contribution in [2.45, 2.75) is 25.7 Å². The number of benzene rings is 2. The highest BCUT2D eigenvalue weighted by Gasteiger charge is 2.30. The van der Waals surface area contributed by atoms with Crippen LogP contribution in [0.5, 0.6) is 5.75 Å². The lowest BCUT2D eigenvalue weighted by atomic mass is 10.2. The molecule has 33 heavy (non-hydrogen) atoms. The maximum Gasteiger partial charge on any atom is 0.243 e. The second-order valence-electron chi connectivity index (χ2n) is 8.21. The monoisotopic (exact) mass is 467 g/mol. The van der Waals surface area contributed by atoms with Crippen LogP contribution in [-0.2, 0) is 10.0 Å². The van der Waals surface area contributed by atoms with Crippen LogP contribution < -0.4 is 15.0 Å². The fraction of sp³-hybridized carbons (Fsp3) is 0.333. The second-order valence-corrected chi connectivity index (χ2v) is 10.1. The zero-order chi connectivity index (χ0) is 23.6. The van der Waals surface area contributed by atoms with Crippen LogP contribution in [0, 0.1) is 20.8 Å². The van der Waals surface area contributed by atoms with Gasteiger partial charge in [0, 0.05) is 43.6 Å². The molecule has 1 aliphatic rings. The predicted octanol–water partition coefficient (Wildman–Crippen LogP) is 3.66. The third-order valence-corrected chi connectivity index (χ3v) is 7.73. The van der Waals surface area contributed by atoms with E-state index in [9.17, 15) is 8.42 Å². The van der Waals surface area contributed by atoms with Crippen LogP contribution in [-0.4, -0.2) is 56.0 Å². The van der Waals surface area contributed by atoms with Crippen molar-refractivity contribution < 1.29 is 13.2 Å². The van der Waals surface area contributed by atoms with Gasteiger partial charge in [0.05, 0.1) is 12.0 Å². The molecule has 0 amide bonds. The van der Waals surface area contributed by atoms with Gasteiger partial charge in [-0.15, -0.1) is 0 Å². The summed E-state index contributed by atoms with van der Waals surface area (Å²) in [5.74, 6) is 2.07. The molecular weight excluding hydrogens is 438 g/mol. The van der Waals surface area contributed by atoms with E-state index in [1.165, 1.54) is 0 Å². The SMILES string of the molecule is COc1ccc(Nc2cc(C)nc(N3CCN(S(=O)(=O)c4cc(C)ccc4C)CC3)n2)cc1. The summed E-state index contributed by atoms with van der Waals surface area (Å²) in [5.41, 5.74) is 3.42. The Morgan fingerprint density at radius 1 is 0.909 bits per heavy atom. The molecule has 0 unspecified atom stereocenters. The highest BCUT2D eigenvalue weighted by atomic mass is 32.2. The van der Waals surface area contributed by atoms with E-state index in [-0.39, 0.29) is 0 Å². The van der Waals surface area contributed by atoms with E-state index in [0.717, 1.165) is 28.3 Å². The fourth-order valence-corrected chi connectivity index (χ4v) is 5.57. The Bertz CT molecular complexity index is 1240. The molecular formula is C24H29N5O3S. The molecule has 9 heteroatoms. The first-order valence-electron chi connectivity index (χ1n) is 10.9. The van der Waals surface area contributed by atoms with Gasteiger partial charge in [-0.1, -0.05) is 12.1 Å². The van der Waals surface area contributed by atoms with Gasteiger partial charge in [-0.3, -0.25) is 0 Å². The number of anilines is 3. The number of methoxy groups -OCH3 is 1. The Hall–Kier alpha value is -3.17. The van der Waals surface area contributed by atoms with Crippen molar-refractivity contribution >= 4 is 27.5 Å². The first-order valence-corrected chi connectivity index (χ1v) is 12.3. The number of rotatable bonds is 6. The van der Waals surface area contributed by atoms with Gasteiger partial charge < -0.3 is 15.0 Å². The van der Waals surface area contributed by atoms with Crippen LogP contribution >= 0.6 is 0 Å². The van der Waals surface area contributed by atoms with E-state index in [4.69, 9.17) is 4.74 Å². The highest BCUT2D eigenvalue weighted by Crippen LogP contribution is 2.25. The molecule has 0 bridgehead atoms. The molecule has 1 N–H and O–H groups in total. The fourth-order valence-electron chi connectivity index (χ4n) is 3.83. The van der Waals surface area contributed by atoms with Gasteiger partial charge >= 0.3 is 0 Å². The Labute approximate surface area is 195 Å². The van der Waals surface area contributed by atoms with Gasteiger partial charge in [-0.2, -0.15) is 9.29 Å². The number of aryl methyl sites for hydroxylation is 3. The van der Waals surface area contributed by atoms with Gasteiger partial charge in [0.2, 0.25) is 16.0 Å². The molecule has 3 aromatic rings. The van der Waals surface area contributed by atoms with Crippen molar-refractivity contribution in [2.24, 2.45) is 0 Å². The summed E-state index contributed by atoms with van der Waals surface area (Å²) >= 11 is 0. The maximum atomic E-state index is 13.2. The van der Waals surface area contributed by atoms with E-state index in [2.05, 4.69) is 15.3 Å². The number of aromatic nitrogens is 2. The van der Waals surface area contributed by atoms with Gasteiger partial charge in [0.1, 0.15) is 11.6 Å². The largest absolute Gasteiger partial charge is 0.497 e. The summed E-state index contributed by atoms with van der Waals surface area (Å²) in [5, 5.41) is 3.30.